The van der Waals surface area contributed by atoms with Gasteiger partial charge in [-0.2, -0.15) is 5.10 Å². The van der Waals surface area contributed by atoms with Crippen LogP contribution in [0.5, 0.6) is 0 Å². The number of carbonyl (C=O) groups excluding carboxylic acids is 1. The number of hydrogen-bond donors (Lipinski definition) is 4. The molecular formula is C16H21N5O3S. The molecule has 25 heavy (non-hydrogen) atoms. The van der Waals surface area contributed by atoms with Crippen LogP contribution in [-0.2, 0) is 23.0 Å². The Balaban J connectivity index is 1.71. The number of anilines is 1. The van der Waals surface area contributed by atoms with Crippen molar-refractivity contribution in [3.05, 3.63) is 41.2 Å². The summed E-state index contributed by atoms with van der Waals surface area (Å²) in [6.45, 7) is 3.75. The Hall–Kier alpha value is -2.23. The quantitative estimate of drug-likeness (QED) is 0.611. The van der Waals surface area contributed by atoms with Gasteiger partial charge < -0.3 is 10.6 Å². The van der Waals surface area contributed by atoms with E-state index in [0.29, 0.717) is 24.5 Å². The lowest BCUT2D eigenvalue weighted by molar-refractivity contribution is 0.102. The van der Waals surface area contributed by atoms with Crippen LogP contribution in [0, 0.1) is 0 Å². The number of hydrogen-bond acceptors (Lipinski definition) is 5. The van der Waals surface area contributed by atoms with Crippen molar-refractivity contribution in [3.8, 4) is 0 Å². The van der Waals surface area contributed by atoms with E-state index in [1.165, 1.54) is 12.1 Å². The zero-order valence-electron chi connectivity index (χ0n) is 13.9. The van der Waals surface area contributed by atoms with E-state index in [1.54, 1.807) is 12.1 Å². The molecule has 0 fully saturated rings. The molecule has 0 saturated heterocycles. The molecule has 0 spiro atoms. The monoisotopic (exact) mass is 363 g/mol. The highest BCUT2D eigenvalue weighted by atomic mass is 32.2. The van der Waals surface area contributed by atoms with Gasteiger partial charge >= 0.3 is 0 Å². The van der Waals surface area contributed by atoms with E-state index in [4.69, 9.17) is 0 Å². The zero-order valence-corrected chi connectivity index (χ0v) is 14.7. The van der Waals surface area contributed by atoms with E-state index in [1.807, 2.05) is 6.92 Å². The van der Waals surface area contributed by atoms with Crippen LogP contribution in [0.1, 0.15) is 35.1 Å². The summed E-state index contributed by atoms with van der Waals surface area (Å²) in [6, 6.07) is 6.07. The molecule has 3 rings (SSSR count). The molecule has 2 heterocycles. The second-order valence-electron chi connectivity index (χ2n) is 5.83. The Morgan fingerprint density at radius 1 is 1.28 bits per heavy atom. The summed E-state index contributed by atoms with van der Waals surface area (Å²) in [6.07, 6.45) is 1.53. The molecule has 0 bridgehead atoms. The highest BCUT2D eigenvalue weighted by molar-refractivity contribution is 7.89. The van der Waals surface area contributed by atoms with Gasteiger partial charge in [0.1, 0.15) is 0 Å². The van der Waals surface area contributed by atoms with Crippen molar-refractivity contribution in [1.29, 1.82) is 0 Å². The number of aromatic amines is 1. The van der Waals surface area contributed by atoms with Gasteiger partial charge in [0.05, 0.1) is 4.90 Å². The molecule has 134 valence electrons. The van der Waals surface area contributed by atoms with Crippen LogP contribution in [0.15, 0.2) is 29.2 Å². The second-order valence-corrected chi connectivity index (χ2v) is 7.60. The Morgan fingerprint density at radius 3 is 2.76 bits per heavy atom. The molecule has 8 nitrogen and oxygen atoms in total. The minimum Gasteiger partial charge on any atom is -0.321 e. The first-order chi connectivity index (χ1) is 12.0. The van der Waals surface area contributed by atoms with Gasteiger partial charge in [0, 0.05) is 43.0 Å². The molecule has 0 unspecified atom stereocenters. The summed E-state index contributed by atoms with van der Waals surface area (Å²) < 4.78 is 26.6. The Morgan fingerprint density at radius 2 is 2.04 bits per heavy atom. The first-order valence-corrected chi connectivity index (χ1v) is 9.67. The van der Waals surface area contributed by atoms with Crippen LogP contribution in [0.25, 0.3) is 0 Å². The van der Waals surface area contributed by atoms with Crippen LogP contribution in [0.4, 0.5) is 5.69 Å². The van der Waals surface area contributed by atoms with Gasteiger partial charge in [-0.05, 0) is 30.7 Å². The predicted molar refractivity (Wildman–Crippen MR) is 93.9 cm³/mol. The molecule has 1 amide bonds. The maximum Gasteiger partial charge on any atom is 0.276 e. The third-order valence-corrected chi connectivity index (χ3v) is 5.46. The van der Waals surface area contributed by atoms with Gasteiger partial charge in [0.2, 0.25) is 10.0 Å². The number of rotatable bonds is 6. The molecule has 0 atom stereocenters. The average Bonchev–Trinajstić information content (AvgIpc) is 3.05. The number of amides is 1. The Bertz CT molecular complexity index is 858. The fourth-order valence-corrected chi connectivity index (χ4v) is 3.77. The molecule has 2 aromatic rings. The molecule has 0 saturated carbocycles. The van der Waals surface area contributed by atoms with Gasteiger partial charge in [-0.3, -0.25) is 9.89 Å². The summed E-state index contributed by atoms with van der Waals surface area (Å²) in [7, 11) is -3.51. The van der Waals surface area contributed by atoms with Crippen molar-refractivity contribution in [1.82, 2.24) is 20.2 Å². The van der Waals surface area contributed by atoms with Crippen molar-refractivity contribution in [2.75, 3.05) is 18.4 Å². The van der Waals surface area contributed by atoms with Crippen LogP contribution in [0.3, 0.4) is 0 Å². The van der Waals surface area contributed by atoms with Gasteiger partial charge in [0.25, 0.3) is 5.91 Å². The lowest BCUT2D eigenvalue weighted by Gasteiger charge is -2.13. The first kappa shape index (κ1) is 17.6. The van der Waals surface area contributed by atoms with Crippen LogP contribution < -0.4 is 15.4 Å². The summed E-state index contributed by atoms with van der Waals surface area (Å²) in [4.78, 5) is 12.6. The number of fused-ring (bicyclic) bond motifs is 1. The smallest absolute Gasteiger partial charge is 0.276 e. The Labute approximate surface area is 146 Å². The average molecular weight is 363 g/mol. The minimum absolute atomic E-state index is 0.167. The molecule has 1 aromatic heterocycles. The molecule has 4 N–H and O–H groups in total. The fraction of sp³-hybridized carbons (Fsp3) is 0.375. The molecule has 1 aromatic carbocycles. The van der Waals surface area contributed by atoms with E-state index in [0.717, 1.165) is 30.6 Å². The van der Waals surface area contributed by atoms with Crippen molar-refractivity contribution in [2.24, 2.45) is 0 Å². The molecule has 1 aliphatic heterocycles. The number of sulfonamides is 1. The van der Waals surface area contributed by atoms with Crippen LogP contribution >= 0.6 is 0 Å². The van der Waals surface area contributed by atoms with Crippen molar-refractivity contribution in [3.63, 3.8) is 0 Å². The lowest BCUT2D eigenvalue weighted by Crippen LogP contribution is -2.25. The second kappa shape index (κ2) is 7.34. The zero-order chi connectivity index (χ0) is 17.9. The standard InChI is InChI=1S/C16H21N5O3S/c1-2-8-18-25(23,24)12-5-3-11(4-6-12)19-16(22)15-13-10-17-9-7-14(13)20-21-15/h3-6,17-18H,2,7-10H2,1H3,(H,19,22)(H,20,21). The van der Waals surface area contributed by atoms with Crippen molar-refractivity contribution < 1.29 is 13.2 Å². The number of carbonyl (C=O) groups is 1. The van der Waals surface area contributed by atoms with Crippen molar-refractivity contribution in [2.45, 2.75) is 31.2 Å². The summed E-state index contributed by atoms with van der Waals surface area (Å²) in [5.74, 6) is -0.319. The van der Waals surface area contributed by atoms with Gasteiger partial charge in [-0.1, -0.05) is 6.92 Å². The lowest BCUT2D eigenvalue weighted by atomic mass is 10.1. The number of benzene rings is 1. The maximum absolute atomic E-state index is 12.4. The SMILES string of the molecule is CCCNS(=O)(=O)c1ccc(NC(=O)c2n[nH]c3c2CNCC3)cc1. The predicted octanol–water partition coefficient (Wildman–Crippen LogP) is 0.996. The minimum atomic E-state index is -3.51. The number of nitrogens with zero attached hydrogens (tertiary/aromatic N) is 1. The van der Waals surface area contributed by atoms with Crippen LogP contribution in [0.2, 0.25) is 0 Å². The van der Waals surface area contributed by atoms with Crippen molar-refractivity contribution >= 4 is 21.6 Å². The number of H-pyrrole nitrogens is 1. The van der Waals surface area contributed by atoms with Gasteiger partial charge in [-0.15, -0.1) is 0 Å². The van der Waals surface area contributed by atoms with E-state index in [2.05, 4.69) is 25.6 Å². The molecule has 0 radical (unpaired) electrons. The molecular weight excluding hydrogens is 342 g/mol. The van der Waals surface area contributed by atoms with E-state index in [-0.39, 0.29) is 10.8 Å². The normalized spacial score (nSPS) is 14.1. The molecule has 9 heteroatoms. The van der Waals surface area contributed by atoms with Gasteiger partial charge in [0.15, 0.2) is 5.69 Å². The number of aromatic nitrogens is 2. The summed E-state index contributed by atoms with van der Waals surface area (Å²) in [5, 5.41) is 13.0. The Kier molecular flexibility index (Phi) is 5.16. The summed E-state index contributed by atoms with van der Waals surface area (Å²) in [5.41, 5.74) is 2.74. The number of nitrogens with one attached hydrogen (secondary N) is 4. The van der Waals surface area contributed by atoms with Gasteiger partial charge in [-0.25, -0.2) is 13.1 Å². The first-order valence-electron chi connectivity index (χ1n) is 8.19. The largest absolute Gasteiger partial charge is 0.321 e. The third-order valence-electron chi connectivity index (χ3n) is 3.99. The topological polar surface area (TPSA) is 116 Å². The highest BCUT2D eigenvalue weighted by Gasteiger charge is 2.21. The summed E-state index contributed by atoms with van der Waals surface area (Å²) >= 11 is 0. The maximum atomic E-state index is 12.4. The highest BCUT2D eigenvalue weighted by Crippen LogP contribution is 2.18. The van der Waals surface area contributed by atoms with E-state index >= 15 is 0 Å². The van der Waals surface area contributed by atoms with E-state index in [9.17, 15) is 13.2 Å². The molecule has 1 aliphatic rings. The van der Waals surface area contributed by atoms with E-state index < -0.39 is 10.0 Å². The fourth-order valence-electron chi connectivity index (χ4n) is 2.64. The van der Waals surface area contributed by atoms with Crippen LogP contribution in [-0.4, -0.2) is 37.6 Å². The molecule has 0 aliphatic carbocycles. The third kappa shape index (κ3) is 3.89.